The van der Waals surface area contributed by atoms with Crippen LogP contribution in [0.25, 0.3) is 0 Å². The van der Waals surface area contributed by atoms with Crippen LogP contribution in [0.1, 0.15) is 20.8 Å². The van der Waals surface area contributed by atoms with E-state index in [0.717, 1.165) is 19.6 Å². The molecule has 0 aromatic rings. The van der Waals surface area contributed by atoms with Crippen LogP contribution in [0.3, 0.4) is 0 Å². The molecule has 5 nitrogen and oxygen atoms in total. The van der Waals surface area contributed by atoms with Gasteiger partial charge in [0.2, 0.25) is 5.91 Å². The molecule has 5 heteroatoms. The highest BCUT2D eigenvalue weighted by Gasteiger charge is 2.11. The Bertz CT molecular complexity index is 182. The van der Waals surface area contributed by atoms with Gasteiger partial charge in [0.25, 0.3) is 0 Å². The molecule has 0 fully saturated rings. The Hall–Kier alpha value is -0.650. The molecule has 2 atom stereocenters. The van der Waals surface area contributed by atoms with Crippen molar-refractivity contribution >= 4 is 5.91 Å². The first kappa shape index (κ1) is 14.3. The Morgan fingerprint density at radius 2 is 1.93 bits per heavy atom. The van der Waals surface area contributed by atoms with Gasteiger partial charge in [0.15, 0.2) is 0 Å². The van der Waals surface area contributed by atoms with Crippen LogP contribution in [0.5, 0.6) is 0 Å². The van der Waals surface area contributed by atoms with Crippen molar-refractivity contribution in [3.63, 3.8) is 0 Å². The van der Waals surface area contributed by atoms with Gasteiger partial charge in [-0.3, -0.25) is 4.79 Å². The van der Waals surface area contributed by atoms with Gasteiger partial charge >= 0.3 is 0 Å². The van der Waals surface area contributed by atoms with Gasteiger partial charge in [0.1, 0.15) is 0 Å². The van der Waals surface area contributed by atoms with Crippen LogP contribution in [-0.2, 0) is 4.79 Å². The molecule has 90 valence electrons. The van der Waals surface area contributed by atoms with E-state index in [1.807, 2.05) is 0 Å². The number of hydrogen-bond donors (Lipinski definition) is 3. The molecule has 0 aliphatic carbocycles. The quantitative estimate of drug-likeness (QED) is 0.492. The van der Waals surface area contributed by atoms with E-state index in [1.54, 1.807) is 0 Å². The summed E-state index contributed by atoms with van der Waals surface area (Å²) in [6.07, 6.45) is 0. The van der Waals surface area contributed by atoms with E-state index in [4.69, 9.17) is 11.5 Å². The van der Waals surface area contributed by atoms with Gasteiger partial charge in [-0.05, 0) is 20.0 Å². The lowest BCUT2D eigenvalue weighted by molar-refractivity contribution is -0.119. The van der Waals surface area contributed by atoms with E-state index < -0.39 is 11.9 Å². The van der Waals surface area contributed by atoms with Gasteiger partial charge in [-0.2, -0.15) is 0 Å². The molecule has 0 bridgehead atoms. The van der Waals surface area contributed by atoms with E-state index in [0.29, 0.717) is 12.6 Å². The van der Waals surface area contributed by atoms with E-state index in [-0.39, 0.29) is 0 Å². The number of carbonyl (C=O) groups excluding carboxylic acids is 1. The fourth-order valence-corrected chi connectivity index (χ4v) is 1.36. The zero-order valence-electron chi connectivity index (χ0n) is 9.99. The van der Waals surface area contributed by atoms with Gasteiger partial charge in [0, 0.05) is 19.1 Å². The summed E-state index contributed by atoms with van der Waals surface area (Å²) in [4.78, 5) is 13.0. The first-order chi connectivity index (χ1) is 7.01. The molecule has 15 heavy (non-hydrogen) atoms. The van der Waals surface area contributed by atoms with Crippen LogP contribution < -0.4 is 16.8 Å². The molecule has 2 unspecified atom stereocenters. The average molecular weight is 216 g/mol. The van der Waals surface area contributed by atoms with Gasteiger partial charge in [-0.1, -0.05) is 13.8 Å². The summed E-state index contributed by atoms with van der Waals surface area (Å²) >= 11 is 0. The molecule has 0 saturated heterocycles. The van der Waals surface area contributed by atoms with Crippen LogP contribution in [0.2, 0.25) is 0 Å². The second-order valence-corrected chi connectivity index (χ2v) is 3.80. The summed E-state index contributed by atoms with van der Waals surface area (Å²) < 4.78 is 0. The molecule has 0 aliphatic heterocycles. The van der Waals surface area contributed by atoms with Crippen LogP contribution in [0.4, 0.5) is 0 Å². The third-order valence-electron chi connectivity index (χ3n) is 2.48. The second kappa shape index (κ2) is 7.62. The van der Waals surface area contributed by atoms with Crippen molar-refractivity contribution in [1.29, 1.82) is 0 Å². The summed E-state index contributed by atoms with van der Waals surface area (Å²) in [7, 11) is 0. The minimum atomic E-state index is -0.593. The number of likely N-dealkylation sites (N-methyl/N-ethyl adjacent to an activating group) is 1. The van der Waals surface area contributed by atoms with Crippen molar-refractivity contribution in [3.05, 3.63) is 0 Å². The number of nitrogens with zero attached hydrogens (tertiary/aromatic N) is 1. The average Bonchev–Trinajstić information content (AvgIpc) is 2.22. The predicted molar refractivity (Wildman–Crippen MR) is 62.4 cm³/mol. The smallest absolute Gasteiger partial charge is 0.235 e. The summed E-state index contributed by atoms with van der Waals surface area (Å²) in [5, 5.41) is 3.20. The number of carbonyl (C=O) groups is 1. The molecular weight excluding hydrogens is 192 g/mol. The van der Waals surface area contributed by atoms with Crippen LogP contribution in [-0.4, -0.2) is 49.1 Å². The lowest BCUT2D eigenvalue weighted by atomic mass is 10.2. The fourth-order valence-electron chi connectivity index (χ4n) is 1.36. The summed E-state index contributed by atoms with van der Waals surface area (Å²) in [6.45, 7) is 9.80. The van der Waals surface area contributed by atoms with Gasteiger partial charge in [-0.25, -0.2) is 0 Å². The van der Waals surface area contributed by atoms with Crippen molar-refractivity contribution in [2.45, 2.75) is 32.9 Å². The third-order valence-corrected chi connectivity index (χ3v) is 2.48. The Balaban J connectivity index is 3.73. The van der Waals surface area contributed by atoms with Crippen molar-refractivity contribution in [2.24, 2.45) is 11.5 Å². The first-order valence-electron chi connectivity index (χ1n) is 5.51. The maximum Gasteiger partial charge on any atom is 0.235 e. The van der Waals surface area contributed by atoms with E-state index in [1.165, 1.54) is 0 Å². The first-order valence-corrected chi connectivity index (χ1v) is 5.51. The van der Waals surface area contributed by atoms with E-state index in [2.05, 4.69) is 31.0 Å². The van der Waals surface area contributed by atoms with E-state index >= 15 is 0 Å². The number of nitrogens with one attached hydrogen (secondary N) is 1. The predicted octanol–water partition coefficient (Wildman–Crippen LogP) is -0.881. The Morgan fingerprint density at radius 1 is 1.40 bits per heavy atom. The number of primary amides is 1. The van der Waals surface area contributed by atoms with Crippen molar-refractivity contribution in [3.8, 4) is 0 Å². The SMILES string of the molecule is CCN(CC)CC(C)NCC(N)C(N)=O. The summed E-state index contributed by atoms with van der Waals surface area (Å²) in [6, 6.07) is -0.278. The molecule has 1 amide bonds. The lowest BCUT2D eigenvalue weighted by Gasteiger charge is -2.24. The van der Waals surface area contributed by atoms with Gasteiger partial charge in [0.05, 0.1) is 6.04 Å². The van der Waals surface area contributed by atoms with Gasteiger partial charge in [-0.15, -0.1) is 0 Å². The zero-order chi connectivity index (χ0) is 11.8. The molecule has 0 aliphatic rings. The van der Waals surface area contributed by atoms with Crippen LogP contribution in [0.15, 0.2) is 0 Å². The summed E-state index contributed by atoms with van der Waals surface area (Å²) in [5.41, 5.74) is 10.6. The molecule has 0 aromatic heterocycles. The zero-order valence-corrected chi connectivity index (χ0v) is 9.99. The Morgan fingerprint density at radius 3 is 2.33 bits per heavy atom. The molecule has 0 rings (SSSR count). The topological polar surface area (TPSA) is 84.4 Å². The Kier molecular flexibility index (Phi) is 7.29. The maximum absolute atomic E-state index is 10.7. The molecule has 0 saturated carbocycles. The minimum absolute atomic E-state index is 0.315. The van der Waals surface area contributed by atoms with E-state index in [9.17, 15) is 4.79 Å². The number of rotatable bonds is 8. The minimum Gasteiger partial charge on any atom is -0.368 e. The van der Waals surface area contributed by atoms with Crippen molar-refractivity contribution in [2.75, 3.05) is 26.2 Å². The molecular formula is C10H24N4O. The second-order valence-electron chi connectivity index (χ2n) is 3.80. The van der Waals surface area contributed by atoms with Crippen LogP contribution >= 0.6 is 0 Å². The van der Waals surface area contributed by atoms with Gasteiger partial charge < -0.3 is 21.7 Å². The van der Waals surface area contributed by atoms with Crippen molar-refractivity contribution < 1.29 is 4.79 Å². The normalized spacial score (nSPS) is 15.3. The maximum atomic E-state index is 10.7. The number of hydrogen-bond acceptors (Lipinski definition) is 4. The monoisotopic (exact) mass is 216 g/mol. The molecule has 0 radical (unpaired) electrons. The highest BCUT2D eigenvalue weighted by molar-refractivity contribution is 5.79. The molecule has 5 N–H and O–H groups in total. The lowest BCUT2D eigenvalue weighted by Crippen LogP contribution is -2.48. The van der Waals surface area contributed by atoms with Crippen molar-refractivity contribution in [1.82, 2.24) is 10.2 Å². The third kappa shape index (κ3) is 6.43. The summed E-state index contributed by atoms with van der Waals surface area (Å²) in [5.74, 6) is -0.461. The number of nitrogens with two attached hydrogens (primary N) is 2. The standard InChI is InChI=1S/C10H24N4O/c1-4-14(5-2)7-8(3)13-6-9(11)10(12)15/h8-9,13H,4-7,11H2,1-3H3,(H2,12,15). The highest BCUT2D eigenvalue weighted by Crippen LogP contribution is 1.91. The number of amides is 1. The molecule has 0 aromatic carbocycles. The Labute approximate surface area is 92.2 Å². The molecule has 0 heterocycles. The van der Waals surface area contributed by atoms with Crippen LogP contribution in [0, 0.1) is 0 Å². The highest BCUT2D eigenvalue weighted by atomic mass is 16.1. The molecule has 0 spiro atoms. The largest absolute Gasteiger partial charge is 0.368 e. The fraction of sp³-hybridized carbons (Fsp3) is 0.900.